The highest BCUT2D eigenvalue weighted by Gasteiger charge is 2.21. The van der Waals surface area contributed by atoms with Crippen LogP contribution < -0.4 is 15.5 Å². The molecule has 0 saturated carbocycles. The molecule has 0 atom stereocenters. The minimum absolute atomic E-state index is 0.0988. The molecule has 1 amide bonds. The topological polar surface area (TPSA) is 50.1 Å². The summed E-state index contributed by atoms with van der Waals surface area (Å²) in [6, 6.07) is 0. The first-order chi connectivity index (χ1) is 6.47. The van der Waals surface area contributed by atoms with E-state index in [9.17, 15) is 4.79 Å². The van der Waals surface area contributed by atoms with E-state index in [0.29, 0.717) is 6.54 Å². The molecular formula is C10H23N3O+2. The van der Waals surface area contributed by atoms with Crippen LogP contribution in [0.25, 0.3) is 0 Å². The standard InChI is InChI=1S/C10H21N3O/c1-10(2,3)12-9(14)8-13-6-4-11-5-7-13/h11H,4-8H2,1-3H3,(H,12,14)/p+2. The Kier molecular flexibility index (Phi) is 3.89. The van der Waals surface area contributed by atoms with Gasteiger partial charge in [0, 0.05) is 5.54 Å². The highest BCUT2D eigenvalue weighted by molar-refractivity contribution is 5.77. The van der Waals surface area contributed by atoms with Crippen molar-refractivity contribution in [2.45, 2.75) is 26.3 Å². The first-order valence-electron chi connectivity index (χ1n) is 5.43. The summed E-state index contributed by atoms with van der Waals surface area (Å²) >= 11 is 0. The summed E-state index contributed by atoms with van der Waals surface area (Å²) in [4.78, 5) is 13.0. The smallest absolute Gasteiger partial charge is 0.275 e. The van der Waals surface area contributed by atoms with Crippen molar-refractivity contribution in [3.63, 3.8) is 0 Å². The molecule has 1 rings (SSSR count). The fourth-order valence-electron chi connectivity index (χ4n) is 1.75. The Labute approximate surface area is 86.0 Å². The van der Waals surface area contributed by atoms with Gasteiger partial charge < -0.3 is 15.5 Å². The monoisotopic (exact) mass is 201 g/mol. The van der Waals surface area contributed by atoms with Crippen LogP contribution in [0, 0.1) is 0 Å². The van der Waals surface area contributed by atoms with Crippen molar-refractivity contribution in [1.29, 1.82) is 0 Å². The first kappa shape index (κ1) is 11.5. The molecule has 0 aromatic carbocycles. The third-order valence-electron chi connectivity index (χ3n) is 2.33. The minimum atomic E-state index is -0.0988. The molecule has 0 bridgehead atoms. The molecule has 1 aliphatic rings. The van der Waals surface area contributed by atoms with E-state index in [4.69, 9.17) is 0 Å². The normalized spacial score (nSPS) is 19.4. The summed E-state index contributed by atoms with van der Waals surface area (Å²) in [6.45, 7) is 11.2. The predicted molar refractivity (Wildman–Crippen MR) is 55.1 cm³/mol. The van der Waals surface area contributed by atoms with Gasteiger partial charge in [0.05, 0.1) is 0 Å². The summed E-state index contributed by atoms with van der Waals surface area (Å²) in [5, 5.41) is 5.31. The highest BCUT2D eigenvalue weighted by atomic mass is 16.2. The van der Waals surface area contributed by atoms with Crippen LogP contribution in [0.4, 0.5) is 0 Å². The van der Waals surface area contributed by atoms with E-state index < -0.39 is 0 Å². The van der Waals surface area contributed by atoms with Gasteiger partial charge in [-0.3, -0.25) is 4.79 Å². The number of amides is 1. The Morgan fingerprint density at radius 1 is 1.36 bits per heavy atom. The zero-order valence-corrected chi connectivity index (χ0v) is 9.52. The van der Waals surface area contributed by atoms with Gasteiger partial charge in [-0.2, -0.15) is 0 Å². The average molecular weight is 201 g/mol. The van der Waals surface area contributed by atoms with Crippen LogP contribution >= 0.6 is 0 Å². The van der Waals surface area contributed by atoms with E-state index in [1.165, 1.54) is 4.90 Å². The first-order valence-corrected chi connectivity index (χ1v) is 5.43. The highest BCUT2D eigenvalue weighted by Crippen LogP contribution is 1.96. The lowest BCUT2D eigenvalue weighted by Crippen LogP contribution is -3.21. The number of nitrogens with one attached hydrogen (secondary N) is 2. The van der Waals surface area contributed by atoms with Gasteiger partial charge in [-0.05, 0) is 20.8 Å². The van der Waals surface area contributed by atoms with E-state index in [-0.39, 0.29) is 11.4 Å². The Morgan fingerprint density at radius 3 is 2.43 bits per heavy atom. The van der Waals surface area contributed by atoms with Crippen LogP contribution in [0.15, 0.2) is 0 Å². The zero-order valence-electron chi connectivity index (χ0n) is 9.52. The molecule has 82 valence electrons. The van der Waals surface area contributed by atoms with Gasteiger partial charge in [0.1, 0.15) is 26.2 Å². The lowest BCUT2D eigenvalue weighted by molar-refractivity contribution is -0.940. The van der Waals surface area contributed by atoms with E-state index in [2.05, 4.69) is 10.6 Å². The molecule has 0 aromatic heterocycles. The number of rotatable bonds is 2. The SMILES string of the molecule is CC(C)(C)NC(=O)C[NH+]1CC[NH2+]CC1. The molecule has 0 radical (unpaired) electrons. The lowest BCUT2D eigenvalue weighted by Gasteiger charge is -2.25. The molecule has 0 spiro atoms. The Morgan fingerprint density at radius 2 is 1.93 bits per heavy atom. The number of nitrogens with two attached hydrogens (primary N) is 1. The fourth-order valence-corrected chi connectivity index (χ4v) is 1.75. The van der Waals surface area contributed by atoms with E-state index >= 15 is 0 Å². The number of hydrogen-bond donors (Lipinski definition) is 3. The molecule has 1 heterocycles. The van der Waals surface area contributed by atoms with Gasteiger partial charge in [0.15, 0.2) is 6.54 Å². The molecular weight excluding hydrogens is 178 g/mol. The molecule has 14 heavy (non-hydrogen) atoms. The van der Waals surface area contributed by atoms with Gasteiger partial charge in [-0.1, -0.05) is 0 Å². The van der Waals surface area contributed by atoms with Crippen molar-refractivity contribution in [3.05, 3.63) is 0 Å². The fraction of sp³-hybridized carbons (Fsp3) is 0.900. The molecule has 1 saturated heterocycles. The van der Waals surface area contributed by atoms with Gasteiger partial charge in [0.25, 0.3) is 5.91 Å². The number of piperazine rings is 1. The predicted octanol–water partition coefficient (Wildman–Crippen LogP) is -2.64. The maximum atomic E-state index is 11.6. The second kappa shape index (κ2) is 4.75. The van der Waals surface area contributed by atoms with E-state index in [1.54, 1.807) is 0 Å². The van der Waals surface area contributed by atoms with Gasteiger partial charge >= 0.3 is 0 Å². The van der Waals surface area contributed by atoms with Crippen molar-refractivity contribution in [3.8, 4) is 0 Å². The second-order valence-electron chi connectivity index (χ2n) is 5.09. The lowest BCUT2D eigenvalue weighted by atomic mass is 10.1. The summed E-state index contributed by atoms with van der Waals surface area (Å²) in [6.07, 6.45) is 0. The molecule has 1 fully saturated rings. The van der Waals surface area contributed by atoms with Gasteiger partial charge in [0.2, 0.25) is 0 Å². The van der Waals surface area contributed by atoms with Crippen molar-refractivity contribution >= 4 is 5.91 Å². The van der Waals surface area contributed by atoms with Gasteiger partial charge in [-0.25, -0.2) is 0 Å². The van der Waals surface area contributed by atoms with Crippen molar-refractivity contribution < 1.29 is 15.0 Å². The number of carbonyl (C=O) groups excluding carboxylic acids is 1. The molecule has 4 heteroatoms. The van der Waals surface area contributed by atoms with Crippen LogP contribution in [0.1, 0.15) is 20.8 Å². The average Bonchev–Trinajstić information content (AvgIpc) is 2.02. The molecule has 4 nitrogen and oxygen atoms in total. The molecule has 1 aliphatic heterocycles. The Balaban J connectivity index is 2.25. The third-order valence-corrected chi connectivity index (χ3v) is 2.33. The molecule has 0 aromatic rings. The Hall–Kier alpha value is -0.610. The largest absolute Gasteiger partial charge is 0.347 e. The van der Waals surface area contributed by atoms with Crippen LogP contribution in [0.5, 0.6) is 0 Å². The summed E-state index contributed by atoms with van der Waals surface area (Å²) in [5.41, 5.74) is -0.0988. The van der Waals surface area contributed by atoms with E-state index in [0.717, 1.165) is 26.2 Å². The minimum Gasteiger partial charge on any atom is -0.347 e. The van der Waals surface area contributed by atoms with Crippen LogP contribution in [0.3, 0.4) is 0 Å². The third kappa shape index (κ3) is 4.58. The zero-order chi connectivity index (χ0) is 10.6. The molecule has 4 N–H and O–H groups in total. The number of carbonyl (C=O) groups is 1. The maximum absolute atomic E-state index is 11.6. The summed E-state index contributed by atoms with van der Waals surface area (Å²) < 4.78 is 0. The van der Waals surface area contributed by atoms with E-state index in [1.807, 2.05) is 20.8 Å². The second-order valence-corrected chi connectivity index (χ2v) is 5.09. The number of hydrogen-bond acceptors (Lipinski definition) is 1. The van der Waals surface area contributed by atoms with Crippen LogP contribution in [-0.4, -0.2) is 44.2 Å². The van der Waals surface area contributed by atoms with Gasteiger partial charge in [-0.15, -0.1) is 0 Å². The summed E-state index contributed by atoms with van der Waals surface area (Å²) in [7, 11) is 0. The molecule has 0 aliphatic carbocycles. The Bertz CT molecular complexity index is 192. The van der Waals surface area contributed by atoms with Crippen molar-refractivity contribution in [2.75, 3.05) is 32.7 Å². The molecule has 0 unspecified atom stereocenters. The maximum Gasteiger partial charge on any atom is 0.275 e. The quantitative estimate of drug-likeness (QED) is 0.449. The van der Waals surface area contributed by atoms with Crippen LogP contribution in [-0.2, 0) is 4.79 Å². The van der Waals surface area contributed by atoms with Crippen LogP contribution in [0.2, 0.25) is 0 Å². The summed E-state index contributed by atoms with van der Waals surface area (Å²) in [5.74, 6) is 0.175. The van der Waals surface area contributed by atoms with Crippen molar-refractivity contribution in [2.24, 2.45) is 0 Å². The number of quaternary nitrogens is 2. The van der Waals surface area contributed by atoms with Crippen molar-refractivity contribution in [1.82, 2.24) is 5.32 Å².